The summed E-state index contributed by atoms with van der Waals surface area (Å²) in [6.07, 6.45) is 3.00. The minimum atomic E-state index is -4.19. The number of hydrogen-bond acceptors (Lipinski definition) is 11. The van der Waals surface area contributed by atoms with E-state index in [1.54, 1.807) is 49.4 Å². The van der Waals surface area contributed by atoms with Gasteiger partial charge in [-0.25, -0.2) is 28.4 Å². The molecule has 13 nitrogen and oxygen atoms in total. The van der Waals surface area contributed by atoms with Gasteiger partial charge in [0.15, 0.2) is 29.1 Å². The molecule has 0 saturated heterocycles. The number of carbonyl (C=O) groups excluding carboxylic acids is 1. The predicted molar refractivity (Wildman–Crippen MR) is 173 cm³/mol. The molecule has 4 rings (SSSR count). The molecule has 0 atom stereocenters. The molecule has 4 N–H and O–H groups in total. The fraction of sp³-hybridized carbons (Fsp3) is 0.267. The van der Waals surface area contributed by atoms with Crippen molar-refractivity contribution in [2.45, 2.75) is 43.0 Å². The van der Waals surface area contributed by atoms with Crippen molar-refractivity contribution >= 4 is 39.5 Å². The topological polar surface area (TPSA) is 184 Å². The molecule has 0 fully saturated rings. The zero-order valence-corrected chi connectivity index (χ0v) is 27.1. The maximum atomic E-state index is 13.7. The Morgan fingerprint density at radius 3 is 2.27 bits per heavy atom. The number of aromatic nitrogens is 4. The molecule has 0 bridgehead atoms. The Hall–Kier alpha value is -4.76. The van der Waals surface area contributed by atoms with Crippen LogP contribution in [0, 0.1) is 0 Å². The van der Waals surface area contributed by atoms with Crippen molar-refractivity contribution in [1.29, 1.82) is 0 Å². The van der Waals surface area contributed by atoms with Gasteiger partial charge < -0.3 is 15.2 Å². The van der Waals surface area contributed by atoms with Crippen molar-refractivity contribution in [2.75, 3.05) is 24.1 Å². The quantitative estimate of drug-likeness (QED) is 0.0906. The summed E-state index contributed by atoms with van der Waals surface area (Å²) >= 11 is 0.968. The molecule has 15 heteroatoms. The first-order valence-electron chi connectivity index (χ1n) is 13.8. The van der Waals surface area contributed by atoms with Gasteiger partial charge >= 0.3 is 0 Å². The van der Waals surface area contributed by atoms with E-state index in [0.717, 1.165) is 17.3 Å². The van der Waals surface area contributed by atoms with Crippen LogP contribution in [0.5, 0.6) is 17.2 Å². The number of hydrogen-bond donors (Lipinski definition) is 3. The Labute approximate surface area is 266 Å². The minimum absolute atomic E-state index is 0.00118. The number of amides is 1. The number of nitrogens with two attached hydrogens (primary N) is 1. The van der Waals surface area contributed by atoms with Crippen LogP contribution in [0.1, 0.15) is 33.3 Å². The van der Waals surface area contributed by atoms with Gasteiger partial charge in [0.1, 0.15) is 5.03 Å². The highest BCUT2D eigenvalue weighted by Gasteiger charge is 2.26. The van der Waals surface area contributed by atoms with Crippen LogP contribution in [0.25, 0.3) is 11.6 Å². The molecular weight excluding hydrogens is 617 g/mol. The number of ether oxygens (including phenoxy) is 2. The molecule has 0 radical (unpaired) electrons. The van der Waals surface area contributed by atoms with Gasteiger partial charge in [0, 0.05) is 18.9 Å². The van der Waals surface area contributed by atoms with Gasteiger partial charge in [-0.1, -0.05) is 56.8 Å². The van der Waals surface area contributed by atoms with Crippen LogP contribution in [0.15, 0.2) is 81.9 Å². The summed E-state index contributed by atoms with van der Waals surface area (Å²) in [5.74, 6) is -0.175. The van der Waals surface area contributed by atoms with Crippen molar-refractivity contribution in [1.82, 2.24) is 25.3 Å². The van der Waals surface area contributed by atoms with E-state index in [1.165, 1.54) is 31.6 Å². The van der Waals surface area contributed by atoms with Gasteiger partial charge in [-0.15, -0.1) is 0 Å². The van der Waals surface area contributed by atoms with E-state index in [0.29, 0.717) is 12.3 Å². The highest BCUT2D eigenvalue weighted by Crippen LogP contribution is 2.41. The molecule has 2 aromatic heterocycles. The molecule has 0 aliphatic carbocycles. The third-order valence-electron chi connectivity index (χ3n) is 6.08. The summed E-state index contributed by atoms with van der Waals surface area (Å²) in [5, 5.41) is 2.63. The number of anilines is 1. The van der Waals surface area contributed by atoms with Crippen LogP contribution in [0.4, 0.5) is 5.82 Å². The number of guanidine groups is 1. The molecule has 0 aliphatic heterocycles. The summed E-state index contributed by atoms with van der Waals surface area (Å²) in [7, 11) is -2.71. The van der Waals surface area contributed by atoms with Crippen molar-refractivity contribution < 1.29 is 22.7 Å². The molecule has 0 aliphatic rings. The standard InChI is InChI=1S/C30H34N8O5S2/c1-6-32-29(31)35-23(39)18-44-28-24(43-22-11-8-7-10-21(22)42-5)25(36-27(37-28)26-33-16-9-17-34-26)38-45(40,41)20-14-12-19(13-15-20)30(2,3)4/h7-17H,6,18H2,1-5H3,(H,36,37,38)(H3,31,32,35,39). The number of nitrogens with zero attached hydrogens (tertiary/aromatic N) is 5. The van der Waals surface area contributed by atoms with Gasteiger partial charge in [-0.3, -0.25) is 19.8 Å². The maximum absolute atomic E-state index is 13.7. The number of rotatable bonds is 11. The molecule has 45 heavy (non-hydrogen) atoms. The molecule has 1 amide bonds. The fourth-order valence-electron chi connectivity index (χ4n) is 3.86. The zero-order chi connectivity index (χ0) is 32.6. The highest BCUT2D eigenvalue weighted by atomic mass is 32.2. The Kier molecular flexibility index (Phi) is 10.6. The Morgan fingerprint density at radius 1 is 0.978 bits per heavy atom. The van der Waals surface area contributed by atoms with E-state index in [1.807, 2.05) is 20.8 Å². The van der Waals surface area contributed by atoms with E-state index in [-0.39, 0.29) is 56.0 Å². The number of carbonyl (C=O) groups is 1. The van der Waals surface area contributed by atoms with E-state index in [2.05, 4.69) is 35.0 Å². The second-order valence-electron chi connectivity index (χ2n) is 10.4. The summed E-state index contributed by atoms with van der Waals surface area (Å²) in [5.41, 5.74) is 6.55. The second kappa shape index (κ2) is 14.3. The molecule has 236 valence electrons. The van der Waals surface area contributed by atoms with Crippen molar-refractivity contribution in [3.05, 3.63) is 72.6 Å². The summed E-state index contributed by atoms with van der Waals surface area (Å²) in [6, 6.07) is 15.0. The molecule has 0 unspecified atom stereocenters. The average Bonchev–Trinajstić information content (AvgIpc) is 3.01. The Morgan fingerprint density at radius 2 is 1.64 bits per heavy atom. The van der Waals surface area contributed by atoms with Crippen LogP contribution >= 0.6 is 11.8 Å². The van der Waals surface area contributed by atoms with Gasteiger partial charge in [-0.05, 0) is 48.2 Å². The summed E-state index contributed by atoms with van der Waals surface area (Å²) in [4.78, 5) is 34.1. The molecule has 2 aromatic carbocycles. The lowest BCUT2D eigenvalue weighted by Crippen LogP contribution is -2.37. The molecule has 2 heterocycles. The Bertz CT molecular complexity index is 1780. The van der Waals surface area contributed by atoms with Gasteiger partial charge in [-0.2, -0.15) is 0 Å². The average molecular weight is 651 g/mol. The van der Waals surface area contributed by atoms with Crippen molar-refractivity contribution in [2.24, 2.45) is 10.7 Å². The number of aliphatic imine (C=N–C) groups is 1. The number of para-hydroxylation sites is 2. The zero-order valence-electron chi connectivity index (χ0n) is 25.4. The van der Waals surface area contributed by atoms with Gasteiger partial charge in [0.25, 0.3) is 10.0 Å². The van der Waals surface area contributed by atoms with Crippen LogP contribution in [0.2, 0.25) is 0 Å². The second-order valence-corrected chi connectivity index (χ2v) is 13.1. The SMILES string of the molecule is CCN=C(N)NC(=O)CSc1nc(-c2ncccn2)nc(NS(=O)(=O)c2ccc(C(C)(C)C)cc2)c1Oc1ccccc1OC. The summed E-state index contributed by atoms with van der Waals surface area (Å²) in [6.45, 7) is 8.29. The third kappa shape index (κ3) is 8.67. The van der Waals surface area contributed by atoms with E-state index < -0.39 is 15.9 Å². The Balaban J connectivity index is 1.84. The first-order valence-corrected chi connectivity index (χ1v) is 16.2. The number of methoxy groups -OCH3 is 1. The lowest BCUT2D eigenvalue weighted by atomic mass is 9.87. The smallest absolute Gasteiger partial charge is 0.263 e. The number of benzene rings is 2. The highest BCUT2D eigenvalue weighted by molar-refractivity contribution is 8.00. The van der Waals surface area contributed by atoms with Crippen LogP contribution in [0.3, 0.4) is 0 Å². The molecular formula is C30H34N8O5S2. The first kappa shape index (κ1) is 33.1. The van der Waals surface area contributed by atoms with Gasteiger partial charge in [0.05, 0.1) is 17.8 Å². The lowest BCUT2D eigenvalue weighted by Gasteiger charge is -2.20. The minimum Gasteiger partial charge on any atom is -0.493 e. The predicted octanol–water partition coefficient (Wildman–Crippen LogP) is 4.38. The van der Waals surface area contributed by atoms with E-state index in [9.17, 15) is 13.2 Å². The normalized spacial score (nSPS) is 12.0. The fourth-order valence-corrected chi connectivity index (χ4v) is 5.63. The lowest BCUT2D eigenvalue weighted by molar-refractivity contribution is -0.117. The molecule has 0 spiro atoms. The number of sulfonamides is 1. The van der Waals surface area contributed by atoms with Crippen LogP contribution < -0.4 is 25.2 Å². The van der Waals surface area contributed by atoms with Crippen molar-refractivity contribution in [3.8, 4) is 28.9 Å². The number of thioether (sulfide) groups is 1. The largest absolute Gasteiger partial charge is 0.493 e. The van der Waals surface area contributed by atoms with E-state index >= 15 is 0 Å². The third-order valence-corrected chi connectivity index (χ3v) is 8.39. The van der Waals surface area contributed by atoms with Crippen LogP contribution in [-0.2, 0) is 20.2 Å². The van der Waals surface area contributed by atoms with Gasteiger partial charge in [0.2, 0.25) is 17.5 Å². The van der Waals surface area contributed by atoms with E-state index in [4.69, 9.17) is 15.2 Å². The first-order chi connectivity index (χ1) is 21.4. The monoisotopic (exact) mass is 650 g/mol. The molecule has 0 saturated carbocycles. The van der Waals surface area contributed by atoms with Crippen molar-refractivity contribution in [3.63, 3.8) is 0 Å². The van der Waals surface area contributed by atoms with Crippen LogP contribution in [-0.4, -0.2) is 59.6 Å². The molecule has 4 aromatic rings. The number of nitrogens with one attached hydrogen (secondary N) is 2. The maximum Gasteiger partial charge on any atom is 0.263 e. The summed E-state index contributed by atoms with van der Waals surface area (Å²) < 4.78 is 41.7.